The Morgan fingerprint density at radius 1 is 1.33 bits per heavy atom. The topological polar surface area (TPSA) is 17.1 Å². The van der Waals surface area contributed by atoms with Gasteiger partial charge in [0.1, 0.15) is 0 Å². The number of hydrogen-bond acceptors (Lipinski definition) is 1. The molecule has 12 heavy (non-hydrogen) atoms. The zero-order chi connectivity index (χ0) is 8.97. The van der Waals surface area contributed by atoms with Crippen LogP contribution in [0.5, 0.6) is 0 Å². The van der Waals surface area contributed by atoms with Crippen molar-refractivity contribution in [2.24, 2.45) is 0 Å². The summed E-state index contributed by atoms with van der Waals surface area (Å²) in [7, 11) is 0. The second kappa shape index (κ2) is 4.40. The molecule has 0 aliphatic rings. The van der Waals surface area contributed by atoms with Gasteiger partial charge in [0.25, 0.3) is 0 Å². The van der Waals surface area contributed by atoms with Crippen molar-refractivity contribution in [1.29, 1.82) is 0 Å². The van der Waals surface area contributed by atoms with Gasteiger partial charge in [0.15, 0.2) is 5.78 Å². The molecule has 1 rings (SSSR count). The average Bonchev–Trinajstić information content (AvgIpc) is 2.06. The van der Waals surface area contributed by atoms with Gasteiger partial charge < -0.3 is 0 Å². The maximum Gasteiger partial charge on any atom is 0.170 e. The number of Topliss-reactive ketones (excluding diaryl/α,β-unsaturated/α-hetero) is 1. The molecule has 0 bridgehead atoms. The van der Waals surface area contributed by atoms with E-state index in [2.05, 4.69) is 29.2 Å². The van der Waals surface area contributed by atoms with Crippen molar-refractivity contribution in [3.05, 3.63) is 52.5 Å². The van der Waals surface area contributed by atoms with Crippen molar-refractivity contribution >= 4 is 28.4 Å². The van der Waals surface area contributed by atoms with E-state index in [-0.39, 0.29) is 5.78 Å². The minimum Gasteiger partial charge on any atom is -0.293 e. The first-order chi connectivity index (χ1) is 5.74. The van der Waals surface area contributed by atoms with Crippen LogP contribution in [0.1, 0.15) is 10.4 Å². The van der Waals surface area contributed by atoms with Crippen LogP contribution >= 0.6 is 22.6 Å². The highest BCUT2D eigenvalue weighted by Gasteiger charge is 2.01. The van der Waals surface area contributed by atoms with Gasteiger partial charge in [0, 0.05) is 9.13 Å². The van der Waals surface area contributed by atoms with Crippen molar-refractivity contribution in [2.75, 3.05) is 0 Å². The molecule has 61 valence electrons. The minimum absolute atomic E-state index is 0.00130. The second-order valence-corrected chi connectivity index (χ2v) is 3.52. The molecular weight excluding hydrogens is 263 g/mol. The number of carbonyl (C=O) groups is 1. The fourth-order valence-corrected chi connectivity index (χ4v) is 1.18. The maximum absolute atomic E-state index is 11.2. The minimum atomic E-state index is 0.00130. The van der Waals surface area contributed by atoms with Gasteiger partial charge in [0.05, 0.1) is 6.42 Å². The first-order valence-corrected chi connectivity index (χ1v) is 4.57. The molecule has 0 amide bonds. The summed E-state index contributed by atoms with van der Waals surface area (Å²) in [5.74, 6) is 0.00130. The number of benzene rings is 1. The number of rotatable bonds is 3. The number of hydrogen-bond donors (Lipinski definition) is 0. The van der Waals surface area contributed by atoms with Crippen molar-refractivity contribution in [3.63, 3.8) is 0 Å². The predicted octanol–water partition coefficient (Wildman–Crippen LogP) is 2.86. The fourth-order valence-electron chi connectivity index (χ4n) is 0.817. The summed E-state index contributed by atoms with van der Waals surface area (Å²) >= 11 is 2.20. The van der Waals surface area contributed by atoms with Crippen LogP contribution < -0.4 is 0 Å². The van der Waals surface area contributed by atoms with Gasteiger partial charge in [-0.05, 0) is 34.7 Å². The molecule has 0 spiro atoms. The lowest BCUT2D eigenvalue weighted by atomic mass is 10.1. The third-order valence-electron chi connectivity index (χ3n) is 1.40. The molecule has 0 atom stereocenters. The van der Waals surface area contributed by atoms with E-state index >= 15 is 0 Å². The number of allylic oxidation sites excluding steroid dienone is 1. The van der Waals surface area contributed by atoms with Crippen LogP contribution in [0.25, 0.3) is 0 Å². The summed E-state index contributed by atoms with van der Waals surface area (Å²) in [5.41, 5.74) is 0.704. The van der Waals surface area contributed by atoms with E-state index in [9.17, 15) is 4.79 Å². The Kier molecular flexibility index (Phi) is 3.47. The van der Waals surface area contributed by atoms with E-state index in [1.54, 1.807) is 0 Å². The molecule has 1 aromatic carbocycles. The van der Waals surface area contributed by atoms with Crippen LogP contribution in [0.2, 0.25) is 0 Å². The zero-order valence-corrected chi connectivity index (χ0v) is 8.61. The lowest BCUT2D eigenvalue weighted by Crippen LogP contribution is -1.96. The normalized spacial score (nSPS) is 9.42. The van der Waals surface area contributed by atoms with E-state index in [1.807, 2.05) is 24.3 Å². The van der Waals surface area contributed by atoms with Crippen molar-refractivity contribution in [1.82, 2.24) is 0 Å². The second-order valence-electron chi connectivity index (χ2n) is 2.27. The molecule has 1 aromatic rings. The van der Waals surface area contributed by atoms with Crippen LogP contribution in [0.4, 0.5) is 0 Å². The van der Waals surface area contributed by atoms with Crippen molar-refractivity contribution < 1.29 is 4.79 Å². The summed E-state index contributed by atoms with van der Waals surface area (Å²) < 4.78 is 1.13. The highest BCUT2D eigenvalue weighted by Crippen LogP contribution is 2.08. The molecule has 0 aromatic heterocycles. The van der Waals surface area contributed by atoms with E-state index < -0.39 is 0 Å². The number of carbonyl (C=O) groups excluding carboxylic acids is 1. The average molecular weight is 271 g/mol. The molecule has 0 saturated heterocycles. The zero-order valence-electron chi connectivity index (χ0n) is 6.46. The number of ketones is 1. The molecule has 0 saturated carbocycles. The van der Waals surface area contributed by atoms with Gasteiger partial charge in [0.2, 0.25) is 0 Å². The van der Waals surface area contributed by atoms with Crippen LogP contribution in [-0.2, 0) is 0 Å². The third-order valence-corrected chi connectivity index (χ3v) is 2.12. The predicted molar refractivity (Wildman–Crippen MR) is 58.0 cm³/mol. The highest BCUT2D eigenvalue weighted by atomic mass is 127. The van der Waals surface area contributed by atoms with Gasteiger partial charge in [-0.15, -0.1) is 6.58 Å². The van der Waals surface area contributed by atoms with Crippen LogP contribution in [0.15, 0.2) is 36.9 Å². The van der Waals surface area contributed by atoms with Gasteiger partial charge in [-0.3, -0.25) is 4.79 Å². The van der Waals surface area contributed by atoms with Gasteiger partial charge >= 0.3 is 0 Å². The van der Waals surface area contributed by atoms with Crippen molar-refractivity contribution in [3.8, 4) is 0 Å². The summed E-state index contributed by atoms with van der Waals surface area (Å²) in [5, 5.41) is 0. The Balaban J connectivity index is 2.82. The summed E-state index contributed by atoms with van der Waals surface area (Å²) in [6.07, 6.45) is 2.96. The standard InChI is InChI=1S/C10H8IO/c1-2-3-10(12)8-4-6-9(11)7-5-8/h2-7H,1H2. The monoisotopic (exact) mass is 271 g/mol. The summed E-state index contributed by atoms with van der Waals surface area (Å²) in [6.45, 7) is 3.47. The lowest BCUT2D eigenvalue weighted by molar-refractivity contribution is 0.103. The molecule has 0 heterocycles. The lowest BCUT2D eigenvalue weighted by Gasteiger charge is -1.96. The van der Waals surface area contributed by atoms with Gasteiger partial charge in [-0.1, -0.05) is 18.2 Å². The third kappa shape index (κ3) is 2.44. The molecule has 0 aliphatic heterocycles. The Morgan fingerprint density at radius 3 is 2.42 bits per heavy atom. The Hall–Kier alpha value is -0.640. The quantitative estimate of drug-likeness (QED) is 0.610. The fraction of sp³-hybridized carbons (Fsp3) is 0. The number of halogens is 1. The molecule has 1 nitrogen and oxygen atoms in total. The smallest absolute Gasteiger partial charge is 0.170 e. The summed E-state index contributed by atoms with van der Waals surface area (Å²) in [6, 6.07) is 7.43. The van der Waals surface area contributed by atoms with Crippen LogP contribution in [0, 0.1) is 9.99 Å². The van der Waals surface area contributed by atoms with E-state index in [0.717, 1.165) is 3.57 Å². The van der Waals surface area contributed by atoms with E-state index in [0.29, 0.717) is 5.56 Å². The molecule has 0 aliphatic carbocycles. The molecule has 0 unspecified atom stereocenters. The van der Waals surface area contributed by atoms with Gasteiger partial charge in [-0.25, -0.2) is 0 Å². The van der Waals surface area contributed by atoms with Crippen LogP contribution in [-0.4, -0.2) is 5.78 Å². The van der Waals surface area contributed by atoms with E-state index in [1.165, 1.54) is 12.5 Å². The van der Waals surface area contributed by atoms with Crippen molar-refractivity contribution in [2.45, 2.75) is 0 Å². The van der Waals surface area contributed by atoms with Crippen LogP contribution in [0.3, 0.4) is 0 Å². The Morgan fingerprint density at radius 2 is 1.92 bits per heavy atom. The summed E-state index contributed by atoms with van der Waals surface area (Å²) in [4.78, 5) is 11.2. The molecule has 0 fully saturated rings. The molecule has 0 N–H and O–H groups in total. The first kappa shape index (κ1) is 9.45. The Labute approximate surface area is 85.6 Å². The highest BCUT2D eigenvalue weighted by molar-refractivity contribution is 14.1. The Bertz CT molecular complexity index is 287. The van der Waals surface area contributed by atoms with Gasteiger partial charge in [-0.2, -0.15) is 0 Å². The molecule has 1 radical (unpaired) electrons. The molecular formula is C10H8IO. The largest absolute Gasteiger partial charge is 0.293 e. The first-order valence-electron chi connectivity index (χ1n) is 3.49. The maximum atomic E-state index is 11.2. The SMILES string of the molecule is C=C[CH]C(=O)c1ccc(I)cc1. The molecule has 2 heteroatoms. The van der Waals surface area contributed by atoms with E-state index in [4.69, 9.17) is 0 Å².